The van der Waals surface area contributed by atoms with E-state index in [4.69, 9.17) is 18.6 Å². The predicted molar refractivity (Wildman–Crippen MR) is 77.2 cm³/mol. The number of hydrogen-bond acceptors (Lipinski definition) is 7. The summed E-state index contributed by atoms with van der Waals surface area (Å²) in [5.41, 5.74) is 1.29. The van der Waals surface area contributed by atoms with Crippen molar-refractivity contribution in [1.29, 1.82) is 0 Å². The van der Waals surface area contributed by atoms with E-state index in [2.05, 4.69) is 54.7 Å². The second-order valence-corrected chi connectivity index (χ2v) is 7.15. The number of halogens is 1. The highest BCUT2D eigenvalue weighted by atomic mass is 35.7. The standard InChI is InChI=1S/C13H22N3S.ClHO4/c1-14(2)11-9-12(15(3)4)17-13(10-11)16-7-5-6-8-16;2-1(3,4)5/h9-10H,5-8H2,1-4H3;(H,2,3,4,5)/q+1;/p-1. The Bertz CT molecular complexity index is 541. The van der Waals surface area contributed by atoms with Gasteiger partial charge in [-0.15, -0.1) is 10.2 Å². The Kier molecular flexibility index (Phi) is 7.04. The predicted octanol–water partition coefficient (Wildman–Crippen LogP) is -3.31. The summed E-state index contributed by atoms with van der Waals surface area (Å²) in [5, 5.41) is 1.40. The zero-order chi connectivity index (χ0) is 16.9. The van der Waals surface area contributed by atoms with Crippen LogP contribution in [-0.4, -0.2) is 41.3 Å². The van der Waals surface area contributed by atoms with E-state index in [-0.39, 0.29) is 0 Å². The van der Waals surface area contributed by atoms with Crippen LogP contribution in [0.2, 0.25) is 0 Å². The van der Waals surface area contributed by atoms with E-state index in [9.17, 15) is 0 Å². The molecule has 0 bridgehead atoms. The first-order valence-corrected chi connectivity index (χ1v) is 8.82. The normalized spacial score (nSPS) is 14.5. The maximum absolute atomic E-state index is 8.49. The molecule has 0 amide bonds. The van der Waals surface area contributed by atoms with Crippen molar-refractivity contribution in [2.24, 2.45) is 0 Å². The lowest BCUT2D eigenvalue weighted by Crippen LogP contribution is -2.68. The molecule has 1 aliphatic heterocycles. The smallest absolute Gasteiger partial charge is 0.259 e. The zero-order valence-corrected chi connectivity index (χ0v) is 14.8. The fourth-order valence-electron chi connectivity index (χ4n) is 2.03. The summed E-state index contributed by atoms with van der Waals surface area (Å²) in [6.07, 6.45) is 2.66. The van der Waals surface area contributed by atoms with E-state index in [1.165, 1.54) is 41.3 Å². The highest BCUT2D eigenvalue weighted by Crippen LogP contribution is 2.26. The summed E-state index contributed by atoms with van der Waals surface area (Å²) >= 11 is 1.88. The molecule has 9 heteroatoms. The third-order valence-electron chi connectivity index (χ3n) is 3.13. The van der Waals surface area contributed by atoms with Crippen molar-refractivity contribution in [3.05, 3.63) is 16.8 Å². The van der Waals surface area contributed by atoms with Crippen molar-refractivity contribution >= 4 is 22.0 Å². The largest absolute Gasteiger partial charge is 0.377 e. The van der Waals surface area contributed by atoms with Crippen LogP contribution in [-0.2, 0) is 0 Å². The highest BCUT2D eigenvalue weighted by molar-refractivity contribution is 7.13. The number of hydrogen-bond donors (Lipinski definition) is 0. The molecule has 0 N–H and O–H groups in total. The molecule has 0 atom stereocenters. The molecule has 1 saturated heterocycles. The van der Waals surface area contributed by atoms with Crippen molar-refractivity contribution < 1.29 is 28.9 Å². The van der Waals surface area contributed by atoms with Crippen LogP contribution in [0.4, 0.5) is 10.7 Å². The van der Waals surface area contributed by atoms with Gasteiger partial charge < -0.3 is 9.80 Å². The average Bonchev–Trinajstić information content (AvgIpc) is 2.89. The Morgan fingerprint density at radius 2 is 1.59 bits per heavy atom. The maximum atomic E-state index is 8.49. The van der Waals surface area contributed by atoms with Crippen molar-refractivity contribution in [3.63, 3.8) is 0 Å². The summed E-state index contributed by atoms with van der Waals surface area (Å²) in [5.74, 6) is 0. The van der Waals surface area contributed by atoms with Crippen molar-refractivity contribution in [3.8, 4) is 0 Å². The molecule has 0 unspecified atom stereocenters. The molecule has 2 rings (SSSR count). The van der Waals surface area contributed by atoms with Gasteiger partial charge in [-0.2, -0.15) is 0 Å². The van der Waals surface area contributed by atoms with Crippen LogP contribution in [0.15, 0.2) is 12.1 Å². The van der Waals surface area contributed by atoms with E-state index >= 15 is 0 Å². The second kappa shape index (κ2) is 8.09. The zero-order valence-electron chi connectivity index (χ0n) is 13.2. The SMILES string of the molecule is CN(C)c1cc(N2CCCC2)sc(=[N+](C)C)c1.[O-][Cl+3]([O-])([O-])[O-]. The molecule has 7 nitrogen and oxygen atoms in total. The Morgan fingerprint density at radius 3 is 2.00 bits per heavy atom. The minimum absolute atomic E-state index is 1.21. The van der Waals surface area contributed by atoms with Crippen LogP contribution in [0.3, 0.4) is 0 Å². The Hall–Kier alpha value is -0.900. The Labute approximate surface area is 136 Å². The first kappa shape index (κ1) is 19.1. The summed E-state index contributed by atoms with van der Waals surface area (Å²) in [7, 11) is 3.48. The van der Waals surface area contributed by atoms with Crippen LogP contribution in [0.1, 0.15) is 12.8 Å². The van der Waals surface area contributed by atoms with E-state index < -0.39 is 10.2 Å². The van der Waals surface area contributed by atoms with Gasteiger partial charge in [-0.05, 0) is 18.9 Å². The molecule has 0 spiro atoms. The first-order chi connectivity index (χ1) is 10.1. The molecule has 1 fully saturated rings. The molecule has 1 aliphatic rings. The lowest BCUT2D eigenvalue weighted by Gasteiger charge is -2.19. The monoisotopic (exact) mass is 351 g/mol. The number of nitrogens with zero attached hydrogens (tertiary/aromatic N) is 3. The van der Waals surface area contributed by atoms with Gasteiger partial charge in [-0.25, -0.2) is 23.2 Å². The third kappa shape index (κ3) is 6.91. The van der Waals surface area contributed by atoms with Crippen molar-refractivity contribution in [2.45, 2.75) is 12.8 Å². The summed E-state index contributed by atoms with van der Waals surface area (Å²) in [4.78, 5) is 4.68. The molecule has 0 aromatic carbocycles. The fraction of sp³-hybridized carbons (Fsp3) is 0.615. The number of rotatable bonds is 2. The van der Waals surface area contributed by atoms with Gasteiger partial charge in [-0.1, -0.05) is 11.3 Å². The fourth-order valence-corrected chi connectivity index (χ4v) is 3.10. The molecule has 0 aliphatic carbocycles. The molecular weight excluding hydrogens is 330 g/mol. The van der Waals surface area contributed by atoms with Gasteiger partial charge in [0.15, 0.2) is 0 Å². The molecule has 22 heavy (non-hydrogen) atoms. The summed E-state index contributed by atoms with van der Waals surface area (Å²) in [6, 6.07) is 4.56. The van der Waals surface area contributed by atoms with Crippen molar-refractivity contribution in [2.75, 3.05) is 51.1 Å². The van der Waals surface area contributed by atoms with Gasteiger partial charge in [-0.3, -0.25) is 0 Å². The van der Waals surface area contributed by atoms with E-state index in [1.807, 2.05) is 11.3 Å². The lowest BCUT2D eigenvalue weighted by atomic mass is 10.4. The van der Waals surface area contributed by atoms with E-state index in [0.717, 1.165) is 0 Å². The minimum Gasteiger partial charge on any atom is -0.377 e. The van der Waals surface area contributed by atoms with E-state index in [1.54, 1.807) is 0 Å². The quantitative estimate of drug-likeness (QED) is 0.517. The van der Waals surface area contributed by atoms with Crippen LogP contribution in [0.5, 0.6) is 0 Å². The molecule has 0 radical (unpaired) electrons. The maximum Gasteiger partial charge on any atom is 0.259 e. The van der Waals surface area contributed by atoms with Crippen LogP contribution < -0.4 is 37.7 Å². The molecule has 0 saturated carbocycles. The summed E-state index contributed by atoms with van der Waals surface area (Å²) < 4.78 is 37.5. The number of anilines is 2. The molecule has 126 valence electrons. The molecule has 1 aromatic heterocycles. The van der Waals surface area contributed by atoms with Gasteiger partial charge in [0.05, 0.1) is 5.00 Å². The van der Waals surface area contributed by atoms with Gasteiger partial charge in [0.25, 0.3) is 4.67 Å². The van der Waals surface area contributed by atoms with E-state index in [0.29, 0.717) is 0 Å². The Balaban J connectivity index is 0.000000422. The lowest BCUT2D eigenvalue weighted by molar-refractivity contribution is -2.00. The van der Waals surface area contributed by atoms with Gasteiger partial charge in [0.2, 0.25) is 0 Å². The van der Waals surface area contributed by atoms with Crippen LogP contribution in [0, 0.1) is 10.2 Å². The van der Waals surface area contributed by atoms with Gasteiger partial charge in [0.1, 0.15) is 14.1 Å². The van der Waals surface area contributed by atoms with Gasteiger partial charge in [0, 0.05) is 38.9 Å². The Morgan fingerprint density at radius 1 is 1.09 bits per heavy atom. The first-order valence-electron chi connectivity index (χ1n) is 6.77. The topological polar surface area (TPSA) is 102 Å². The molecule has 2 heterocycles. The average molecular weight is 352 g/mol. The highest BCUT2D eigenvalue weighted by Gasteiger charge is 2.15. The van der Waals surface area contributed by atoms with Crippen molar-refractivity contribution in [1.82, 2.24) is 4.58 Å². The third-order valence-corrected chi connectivity index (χ3v) is 4.40. The van der Waals surface area contributed by atoms with Crippen LogP contribution >= 0.6 is 11.3 Å². The summed E-state index contributed by atoms with van der Waals surface area (Å²) in [6.45, 7) is 2.42. The molecular formula is C13H22ClN3O4S. The van der Waals surface area contributed by atoms with Crippen LogP contribution in [0.25, 0.3) is 0 Å². The second-order valence-electron chi connectivity index (χ2n) is 5.35. The van der Waals surface area contributed by atoms with Gasteiger partial charge >= 0.3 is 0 Å². The molecule has 1 aromatic rings. The minimum atomic E-state index is -4.94.